The van der Waals surface area contributed by atoms with Crippen LogP contribution in [0, 0.1) is 5.82 Å². The first-order valence-corrected chi connectivity index (χ1v) is 7.39. The molecule has 0 aliphatic rings. The van der Waals surface area contributed by atoms with Gasteiger partial charge in [-0.1, -0.05) is 22.8 Å². The number of hydrogen-bond acceptors (Lipinski definition) is 4. The summed E-state index contributed by atoms with van der Waals surface area (Å²) in [7, 11) is 0. The van der Waals surface area contributed by atoms with Crippen LogP contribution in [-0.2, 0) is 6.18 Å². The van der Waals surface area contributed by atoms with Crippen molar-refractivity contribution in [3.8, 4) is 11.5 Å². The molecule has 0 unspecified atom stereocenters. The Morgan fingerprint density at radius 2 is 1.88 bits per heavy atom. The molecule has 0 radical (unpaired) electrons. The van der Waals surface area contributed by atoms with Gasteiger partial charge in [0, 0.05) is 16.1 Å². The van der Waals surface area contributed by atoms with Crippen molar-refractivity contribution in [3.63, 3.8) is 0 Å². The number of alkyl halides is 3. The van der Waals surface area contributed by atoms with Gasteiger partial charge in [0.2, 0.25) is 5.89 Å². The quantitative estimate of drug-likeness (QED) is 0.657. The van der Waals surface area contributed by atoms with Crippen LogP contribution >= 0.6 is 11.6 Å². The van der Waals surface area contributed by atoms with E-state index in [4.69, 9.17) is 16.0 Å². The van der Waals surface area contributed by atoms with Gasteiger partial charge >= 0.3 is 12.2 Å². The van der Waals surface area contributed by atoms with E-state index in [2.05, 4.69) is 15.5 Å². The zero-order chi connectivity index (χ0) is 18.9. The van der Waals surface area contributed by atoms with E-state index in [-0.39, 0.29) is 11.9 Å². The minimum Gasteiger partial charge on any atom is -0.403 e. The molecule has 26 heavy (non-hydrogen) atoms. The van der Waals surface area contributed by atoms with Gasteiger partial charge in [-0.3, -0.25) is 10.1 Å². The maximum absolute atomic E-state index is 13.3. The number of rotatable bonds is 3. The van der Waals surface area contributed by atoms with E-state index in [9.17, 15) is 22.4 Å². The average Bonchev–Trinajstić information content (AvgIpc) is 3.02. The molecule has 1 amide bonds. The highest BCUT2D eigenvalue weighted by atomic mass is 35.5. The van der Waals surface area contributed by atoms with Gasteiger partial charge < -0.3 is 4.42 Å². The lowest BCUT2D eigenvalue weighted by Gasteiger charge is -2.09. The fraction of sp³-hybridized carbons (Fsp3) is 0.0625. The lowest BCUT2D eigenvalue weighted by atomic mass is 10.1. The smallest absolute Gasteiger partial charge is 0.403 e. The van der Waals surface area contributed by atoms with Crippen LogP contribution < -0.4 is 5.32 Å². The van der Waals surface area contributed by atoms with Crippen molar-refractivity contribution in [1.29, 1.82) is 0 Å². The van der Waals surface area contributed by atoms with Crippen LogP contribution in [0.3, 0.4) is 0 Å². The standard InChI is InChI=1S/C16H8ClF4N3O2/c17-10-3-1-2-9(6-10)14-23-24-15(26-14)22-13(25)8-4-5-12(18)11(7-8)16(19,20)21/h1-7H,(H,22,24,25). The van der Waals surface area contributed by atoms with Crippen molar-refractivity contribution in [2.75, 3.05) is 5.32 Å². The summed E-state index contributed by atoms with van der Waals surface area (Å²) in [6, 6.07) is 8.02. The van der Waals surface area contributed by atoms with Crippen molar-refractivity contribution < 1.29 is 26.8 Å². The summed E-state index contributed by atoms with van der Waals surface area (Å²) in [4.78, 5) is 12.1. The summed E-state index contributed by atoms with van der Waals surface area (Å²) >= 11 is 5.85. The normalized spacial score (nSPS) is 11.4. The molecule has 2 aromatic carbocycles. The number of benzene rings is 2. The van der Waals surface area contributed by atoms with E-state index in [1.807, 2.05) is 0 Å². The van der Waals surface area contributed by atoms with Crippen LogP contribution in [0.5, 0.6) is 0 Å². The third-order valence-electron chi connectivity index (χ3n) is 3.25. The predicted molar refractivity (Wildman–Crippen MR) is 84.1 cm³/mol. The Balaban J connectivity index is 1.81. The molecule has 0 saturated heterocycles. The Hall–Kier alpha value is -2.94. The number of hydrogen-bond donors (Lipinski definition) is 1. The first kappa shape index (κ1) is 17.9. The van der Waals surface area contributed by atoms with Gasteiger partial charge in [-0.25, -0.2) is 4.39 Å². The summed E-state index contributed by atoms with van der Waals surface area (Å²) in [5.41, 5.74) is -1.47. The van der Waals surface area contributed by atoms with E-state index >= 15 is 0 Å². The van der Waals surface area contributed by atoms with E-state index in [1.165, 1.54) is 0 Å². The first-order chi connectivity index (χ1) is 12.2. The minimum atomic E-state index is -4.93. The van der Waals surface area contributed by atoms with Crippen LogP contribution in [0.2, 0.25) is 5.02 Å². The van der Waals surface area contributed by atoms with Crippen molar-refractivity contribution in [2.24, 2.45) is 0 Å². The maximum atomic E-state index is 13.3. The molecule has 134 valence electrons. The van der Waals surface area contributed by atoms with E-state index in [1.54, 1.807) is 24.3 Å². The molecular weight excluding hydrogens is 378 g/mol. The molecule has 0 saturated carbocycles. The van der Waals surface area contributed by atoms with Gasteiger partial charge in [-0.05, 0) is 36.4 Å². The van der Waals surface area contributed by atoms with Crippen LogP contribution in [0.1, 0.15) is 15.9 Å². The number of nitrogens with one attached hydrogen (secondary N) is 1. The van der Waals surface area contributed by atoms with Crippen molar-refractivity contribution in [3.05, 3.63) is 64.4 Å². The Morgan fingerprint density at radius 1 is 1.12 bits per heavy atom. The Labute approximate surface area is 148 Å². The number of aromatic nitrogens is 2. The summed E-state index contributed by atoms with van der Waals surface area (Å²) in [6.45, 7) is 0. The molecule has 0 spiro atoms. The van der Waals surface area contributed by atoms with Crippen LogP contribution in [0.25, 0.3) is 11.5 Å². The topological polar surface area (TPSA) is 68.0 Å². The molecule has 1 N–H and O–H groups in total. The second-order valence-corrected chi connectivity index (χ2v) is 5.51. The number of halogens is 5. The molecule has 3 rings (SSSR count). The number of anilines is 1. The van der Waals surface area contributed by atoms with Crippen molar-refractivity contribution in [2.45, 2.75) is 6.18 Å². The highest BCUT2D eigenvalue weighted by molar-refractivity contribution is 6.30. The van der Waals surface area contributed by atoms with Crippen LogP contribution in [-0.4, -0.2) is 16.1 Å². The molecule has 3 aromatic rings. The molecule has 0 aliphatic carbocycles. The largest absolute Gasteiger partial charge is 0.419 e. The molecule has 0 aliphatic heterocycles. The van der Waals surface area contributed by atoms with Crippen molar-refractivity contribution >= 4 is 23.5 Å². The van der Waals surface area contributed by atoms with Crippen LogP contribution in [0.4, 0.5) is 23.6 Å². The van der Waals surface area contributed by atoms with E-state index in [0.29, 0.717) is 22.7 Å². The van der Waals surface area contributed by atoms with Gasteiger partial charge in [0.05, 0.1) is 5.56 Å². The highest BCUT2D eigenvalue weighted by Crippen LogP contribution is 2.32. The molecule has 5 nitrogen and oxygen atoms in total. The Kier molecular flexibility index (Phi) is 4.64. The zero-order valence-corrected chi connectivity index (χ0v) is 13.4. The molecule has 0 bridgehead atoms. The molecule has 1 aromatic heterocycles. The molecule has 10 heteroatoms. The second-order valence-electron chi connectivity index (χ2n) is 5.07. The lowest BCUT2D eigenvalue weighted by Crippen LogP contribution is -2.15. The summed E-state index contributed by atoms with van der Waals surface area (Å²) in [5, 5.41) is 9.89. The first-order valence-electron chi connectivity index (χ1n) is 7.01. The predicted octanol–water partition coefficient (Wildman–Crippen LogP) is 4.80. The number of carbonyl (C=O) groups is 1. The number of nitrogens with zero attached hydrogens (tertiary/aromatic N) is 2. The molecule has 0 fully saturated rings. The summed E-state index contributed by atoms with van der Waals surface area (Å²) in [5.74, 6) is -2.38. The van der Waals surface area contributed by atoms with E-state index in [0.717, 1.165) is 6.07 Å². The number of amides is 1. The molecule has 0 atom stereocenters. The fourth-order valence-electron chi connectivity index (χ4n) is 2.06. The summed E-state index contributed by atoms with van der Waals surface area (Å²) < 4.78 is 56.7. The second kappa shape index (κ2) is 6.75. The minimum absolute atomic E-state index is 0.0536. The molecule has 1 heterocycles. The highest BCUT2D eigenvalue weighted by Gasteiger charge is 2.34. The van der Waals surface area contributed by atoms with E-state index < -0.39 is 29.0 Å². The third kappa shape index (κ3) is 3.83. The Bertz CT molecular complexity index is 972. The Morgan fingerprint density at radius 3 is 2.58 bits per heavy atom. The third-order valence-corrected chi connectivity index (χ3v) is 3.49. The lowest BCUT2D eigenvalue weighted by molar-refractivity contribution is -0.140. The van der Waals surface area contributed by atoms with Gasteiger partial charge in [-0.2, -0.15) is 13.2 Å². The fourth-order valence-corrected chi connectivity index (χ4v) is 2.26. The van der Waals surface area contributed by atoms with Gasteiger partial charge in [0.1, 0.15) is 5.82 Å². The van der Waals surface area contributed by atoms with Crippen molar-refractivity contribution in [1.82, 2.24) is 10.2 Å². The average molecular weight is 386 g/mol. The number of carbonyl (C=O) groups excluding carboxylic acids is 1. The summed E-state index contributed by atoms with van der Waals surface area (Å²) in [6.07, 6.45) is -4.93. The maximum Gasteiger partial charge on any atom is 0.419 e. The van der Waals surface area contributed by atoms with Gasteiger partial charge in [-0.15, -0.1) is 5.10 Å². The van der Waals surface area contributed by atoms with Gasteiger partial charge in [0.15, 0.2) is 0 Å². The van der Waals surface area contributed by atoms with Crippen LogP contribution in [0.15, 0.2) is 46.9 Å². The zero-order valence-electron chi connectivity index (χ0n) is 12.6. The SMILES string of the molecule is O=C(Nc1nnc(-c2cccc(Cl)c2)o1)c1ccc(F)c(C(F)(F)F)c1. The van der Waals surface area contributed by atoms with Gasteiger partial charge in [0.25, 0.3) is 5.91 Å². The molecular formula is C16H8ClF4N3O2. The monoisotopic (exact) mass is 385 g/mol.